The van der Waals surface area contributed by atoms with Gasteiger partial charge in [0, 0.05) is 19.6 Å². The summed E-state index contributed by atoms with van der Waals surface area (Å²) in [5.74, 6) is 1.78. The number of carbonyl (C=O) groups is 1. The lowest BCUT2D eigenvalue weighted by Crippen LogP contribution is -2.35. The van der Waals surface area contributed by atoms with E-state index in [2.05, 4.69) is 10.3 Å². The van der Waals surface area contributed by atoms with Gasteiger partial charge in [0.2, 0.25) is 5.91 Å². The monoisotopic (exact) mass is 289 g/mol. The highest BCUT2D eigenvalue weighted by molar-refractivity contribution is 5.78. The van der Waals surface area contributed by atoms with Crippen molar-refractivity contribution >= 4 is 5.91 Å². The van der Waals surface area contributed by atoms with E-state index >= 15 is 0 Å². The Morgan fingerprint density at radius 2 is 2.33 bits per heavy atom. The van der Waals surface area contributed by atoms with E-state index in [1.54, 1.807) is 18.4 Å². The van der Waals surface area contributed by atoms with Crippen LogP contribution in [0.3, 0.4) is 0 Å². The smallest absolute Gasteiger partial charge is 0.263 e. The Kier molecular flexibility index (Phi) is 4.06. The second kappa shape index (κ2) is 6.13. The fraction of sp³-hybridized carbons (Fsp3) is 0.467. The van der Waals surface area contributed by atoms with Crippen molar-refractivity contribution < 1.29 is 13.6 Å². The average molecular weight is 289 g/mol. The van der Waals surface area contributed by atoms with Crippen LogP contribution in [0.1, 0.15) is 17.9 Å². The number of aromatic nitrogens is 1. The molecule has 0 unspecified atom stereocenters. The van der Waals surface area contributed by atoms with Gasteiger partial charge >= 0.3 is 0 Å². The molecule has 1 amide bonds. The molecule has 6 nitrogen and oxygen atoms in total. The van der Waals surface area contributed by atoms with E-state index in [-0.39, 0.29) is 12.3 Å². The Bertz CT molecular complexity index is 596. The second-order valence-corrected chi connectivity index (χ2v) is 5.16. The minimum absolute atomic E-state index is 0.0982. The van der Waals surface area contributed by atoms with Crippen LogP contribution in [-0.4, -0.2) is 42.0 Å². The minimum Gasteiger partial charge on any atom is -0.459 e. The third-order valence-corrected chi connectivity index (χ3v) is 3.64. The van der Waals surface area contributed by atoms with Gasteiger partial charge in [0.15, 0.2) is 5.76 Å². The molecule has 0 bridgehead atoms. The highest BCUT2D eigenvalue weighted by atomic mass is 16.4. The predicted octanol–water partition coefficient (Wildman–Crippen LogP) is 1.61. The molecule has 0 aromatic carbocycles. The van der Waals surface area contributed by atoms with Crippen LogP contribution in [0, 0.1) is 6.92 Å². The van der Waals surface area contributed by atoms with Crippen LogP contribution in [0.2, 0.25) is 0 Å². The van der Waals surface area contributed by atoms with Gasteiger partial charge < -0.3 is 19.1 Å². The Morgan fingerprint density at radius 1 is 1.43 bits per heavy atom. The number of hydrogen-bond donors (Lipinski definition) is 1. The summed E-state index contributed by atoms with van der Waals surface area (Å²) in [4.78, 5) is 18.6. The van der Waals surface area contributed by atoms with E-state index in [9.17, 15) is 4.79 Å². The van der Waals surface area contributed by atoms with Crippen LogP contribution < -0.4 is 5.32 Å². The van der Waals surface area contributed by atoms with Crippen LogP contribution in [0.4, 0.5) is 0 Å². The van der Waals surface area contributed by atoms with E-state index in [0.717, 1.165) is 32.6 Å². The zero-order valence-corrected chi connectivity index (χ0v) is 12.1. The number of nitrogens with one attached hydrogen (secondary N) is 1. The molecule has 1 fully saturated rings. The third-order valence-electron chi connectivity index (χ3n) is 3.64. The van der Waals surface area contributed by atoms with Gasteiger partial charge in [-0.3, -0.25) is 4.79 Å². The molecule has 6 heteroatoms. The first-order valence-corrected chi connectivity index (χ1v) is 7.23. The van der Waals surface area contributed by atoms with E-state index in [1.165, 1.54) is 0 Å². The van der Waals surface area contributed by atoms with E-state index in [1.807, 2.05) is 11.8 Å². The van der Waals surface area contributed by atoms with Crippen molar-refractivity contribution in [3.63, 3.8) is 0 Å². The van der Waals surface area contributed by atoms with Crippen molar-refractivity contribution in [3.05, 3.63) is 29.9 Å². The van der Waals surface area contributed by atoms with Crippen LogP contribution in [0.5, 0.6) is 0 Å². The first-order valence-electron chi connectivity index (χ1n) is 7.23. The number of oxazole rings is 1. The summed E-state index contributed by atoms with van der Waals surface area (Å²) in [6.45, 7) is 5.19. The molecule has 0 saturated carbocycles. The molecule has 112 valence electrons. The Balaban J connectivity index is 1.71. The standard InChI is InChI=1S/C15H19N3O3/c1-11-12(17-15(21-11)13-4-2-9-20-13)10-14(19)18-7-3-5-16-6-8-18/h2,4,9,16H,3,5-8,10H2,1H3. The van der Waals surface area contributed by atoms with Gasteiger partial charge in [-0.15, -0.1) is 0 Å². The fourth-order valence-electron chi connectivity index (χ4n) is 2.45. The lowest BCUT2D eigenvalue weighted by Gasteiger charge is -2.19. The number of rotatable bonds is 3. The maximum Gasteiger partial charge on any atom is 0.263 e. The zero-order valence-electron chi connectivity index (χ0n) is 12.1. The molecule has 0 atom stereocenters. The van der Waals surface area contributed by atoms with Gasteiger partial charge in [0.05, 0.1) is 18.4 Å². The molecule has 3 heterocycles. The van der Waals surface area contributed by atoms with Gasteiger partial charge in [-0.1, -0.05) is 0 Å². The molecule has 2 aromatic heterocycles. The Hall–Kier alpha value is -2.08. The van der Waals surface area contributed by atoms with Crippen LogP contribution in [0.15, 0.2) is 27.2 Å². The minimum atomic E-state index is 0.0982. The first-order chi connectivity index (χ1) is 10.2. The molecular weight excluding hydrogens is 270 g/mol. The van der Waals surface area contributed by atoms with Crippen molar-refractivity contribution in [1.82, 2.24) is 15.2 Å². The summed E-state index contributed by atoms with van der Waals surface area (Å²) in [5, 5.41) is 3.29. The van der Waals surface area contributed by atoms with Gasteiger partial charge in [-0.25, -0.2) is 4.98 Å². The molecule has 0 aliphatic carbocycles. The maximum absolute atomic E-state index is 12.4. The number of nitrogens with zero attached hydrogens (tertiary/aromatic N) is 2. The van der Waals surface area contributed by atoms with E-state index < -0.39 is 0 Å². The first kappa shape index (κ1) is 13.9. The molecule has 0 spiro atoms. The maximum atomic E-state index is 12.4. The SMILES string of the molecule is Cc1oc(-c2ccco2)nc1CC(=O)N1CCCNCC1. The van der Waals surface area contributed by atoms with Gasteiger partial charge in [0.25, 0.3) is 5.89 Å². The summed E-state index contributed by atoms with van der Waals surface area (Å²) >= 11 is 0. The van der Waals surface area contributed by atoms with Crippen LogP contribution >= 0.6 is 0 Å². The lowest BCUT2D eigenvalue weighted by atomic mass is 10.2. The summed E-state index contributed by atoms with van der Waals surface area (Å²) < 4.78 is 10.8. The fourth-order valence-corrected chi connectivity index (χ4v) is 2.45. The average Bonchev–Trinajstić information content (AvgIpc) is 3.02. The second-order valence-electron chi connectivity index (χ2n) is 5.16. The highest BCUT2D eigenvalue weighted by Gasteiger charge is 2.20. The van der Waals surface area contributed by atoms with Crippen molar-refractivity contribution in [2.45, 2.75) is 19.8 Å². The molecule has 1 saturated heterocycles. The molecule has 1 aliphatic heterocycles. The van der Waals surface area contributed by atoms with E-state index in [4.69, 9.17) is 8.83 Å². The third kappa shape index (κ3) is 3.16. The quantitative estimate of drug-likeness (QED) is 0.929. The zero-order chi connectivity index (χ0) is 14.7. The number of furan rings is 1. The molecule has 0 radical (unpaired) electrons. The Labute approximate surface area is 123 Å². The van der Waals surface area contributed by atoms with Gasteiger partial charge in [-0.2, -0.15) is 0 Å². The van der Waals surface area contributed by atoms with Crippen molar-refractivity contribution in [1.29, 1.82) is 0 Å². The van der Waals surface area contributed by atoms with Crippen molar-refractivity contribution in [2.75, 3.05) is 26.2 Å². The topological polar surface area (TPSA) is 71.5 Å². The number of amides is 1. The lowest BCUT2D eigenvalue weighted by molar-refractivity contribution is -0.130. The molecule has 1 N–H and O–H groups in total. The summed E-state index contributed by atoms with van der Waals surface area (Å²) in [6, 6.07) is 3.57. The Morgan fingerprint density at radius 3 is 3.14 bits per heavy atom. The van der Waals surface area contributed by atoms with E-state index in [0.29, 0.717) is 23.1 Å². The summed E-state index contributed by atoms with van der Waals surface area (Å²) in [7, 11) is 0. The number of carbonyl (C=O) groups excluding carboxylic acids is 1. The molecule has 1 aliphatic rings. The van der Waals surface area contributed by atoms with Gasteiger partial charge in [0.1, 0.15) is 5.76 Å². The van der Waals surface area contributed by atoms with Crippen molar-refractivity contribution in [3.8, 4) is 11.7 Å². The van der Waals surface area contributed by atoms with Crippen molar-refractivity contribution in [2.24, 2.45) is 0 Å². The molecule has 21 heavy (non-hydrogen) atoms. The van der Waals surface area contributed by atoms with Crippen LogP contribution in [-0.2, 0) is 11.2 Å². The molecular formula is C15H19N3O3. The number of hydrogen-bond acceptors (Lipinski definition) is 5. The normalized spacial score (nSPS) is 16.0. The van der Waals surface area contributed by atoms with Gasteiger partial charge in [-0.05, 0) is 32.0 Å². The molecule has 3 rings (SSSR count). The van der Waals surface area contributed by atoms with Crippen LogP contribution in [0.25, 0.3) is 11.7 Å². The highest BCUT2D eigenvalue weighted by Crippen LogP contribution is 2.22. The predicted molar refractivity (Wildman–Crippen MR) is 76.7 cm³/mol. The summed E-state index contributed by atoms with van der Waals surface area (Å²) in [6.07, 6.45) is 2.83. The largest absolute Gasteiger partial charge is 0.459 e. The number of aryl methyl sites for hydroxylation is 1. The summed E-state index contributed by atoms with van der Waals surface area (Å²) in [5.41, 5.74) is 0.684. The molecule has 2 aromatic rings.